The van der Waals surface area contributed by atoms with Gasteiger partial charge in [-0.3, -0.25) is 0 Å². The van der Waals surface area contributed by atoms with Crippen LogP contribution in [0, 0.1) is 0 Å². The highest BCUT2D eigenvalue weighted by Gasteiger charge is 2.38. The predicted octanol–water partition coefficient (Wildman–Crippen LogP) is -0.700. The average Bonchev–Trinajstić information content (AvgIpc) is 2.74. The van der Waals surface area contributed by atoms with Gasteiger partial charge < -0.3 is 23.7 Å². The summed E-state index contributed by atoms with van der Waals surface area (Å²) >= 11 is 0. The Hall–Kier alpha value is -0.490. The van der Waals surface area contributed by atoms with Crippen molar-refractivity contribution in [2.45, 2.75) is 18.3 Å². The van der Waals surface area contributed by atoms with E-state index in [1.165, 1.54) is 0 Å². The van der Waals surface area contributed by atoms with Gasteiger partial charge in [-0.05, 0) is 0 Å². The van der Waals surface area contributed by atoms with E-state index in [0.717, 1.165) is 6.29 Å². The van der Waals surface area contributed by atoms with Crippen molar-refractivity contribution in [2.24, 2.45) is 0 Å². The first-order valence-electron chi connectivity index (χ1n) is 3.79. The zero-order chi connectivity index (χ0) is 8.39. The van der Waals surface area contributed by atoms with Gasteiger partial charge in [0.25, 0.3) is 0 Å². The van der Waals surface area contributed by atoms with Crippen LogP contribution >= 0.6 is 0 Å². The van der Waals surface area contributed by atoms with Gasteiger partial charge in [0.2, 0.25) is 0 Å². The SMILES string of the molecule is O=CC1OCOC1C1COCO1. The molecule has 68 valence electrons. The van der Waals surface area contributed by atoms with Crippen LogP contribution in [0.5, 0.6) is 0 Å². The van der Waals surface area contributed by atoms with Crippen molar-refractivity contribution < 1.29 is 23.7 Å². The highest BCUT2D eigenvalue weighted by molar-refractivity contribution is 5.57. The fraction of sp³-hybridized carbons (Fsp3) is 0.857. The quantitative estimate of drug-likeness (QED) is 0.518. The van der Waals surface area contributed by atoms with E-state index in [-0.39, 0.29) is 25.8 Å². The van der Waals surface area contributed by atoms with E-state index in [1.54, 1.807) is 0 Å². The second-order valence-corrected chi connectivity index (χ2v) is 2.71. The first-order chi connectivity index (χ1) is 5.92. The zero-order valence-electron chi connectivity index (χ0n) is 6.47. The highest BCUT2D eigenvalue weighted by Crippen LogP contribution is 2.20. The molecule has 0 aromatic carbocycles. The number of hydrogen-bond acceptors (Lipinski definition) is 5. The van der Waals surface area contributed by atoms with Crippen LogP contribution in [0.25, 0.3) is 0 Å². The minimum Gasteiger partial charge on any atom is -0.353 e. The summed E-state index contributed by atoms with van der Waals surface area (Å²) in [6.45, 7) is 0.905. The molecule has 0 N–H and O–H groups in total. The monoisotopic (exact) mass is 174 g/mol. The van der Waals surface area contributed by atoms with E-state index in [1.807, 2.05) is 0 Å². The molecule has 3 atom stereocenters. The van der Waals surface area contributed by atoms with Gasteiger partial charge in [0.15, 0.2) is 6.29 Å². The van der Waals surface area contributed by atoms with Crippen LogP contribution in [0.2, 0.25) is 0 Å². The van der Waals surface area contributed by atoms with Crippen molar-refractivity contribution in [3.8, 4) is 0 Å². The smallest absolute Gasteiger partial charge is 0.151 e. The average molecular weight is 174 g/mol. The summed E-state index contributed by atoms with van der Waals surface area (Å²) < 4.78 is 20.4. The van der Waals surface area contributed by atoms with E-state index in [2.05, 4.69) is 0 Å². The minimum absolute atomic E-state index is 0.161. The van der Waals surface area contributed by atoms with Crippen LogP contribution in [0.1, 0.15) is 0 Å². The Kier molecular flexibility index (Phi) is 2.36. The molecular formula is C7H10O5. The molecular weight excluding hydrogens is 164 g/mol. The standard InChI is InChI=1S/C7H10O5/c8-1-5-7(12-4-11-5)6-2-9-3-10-6/h1,5-7H,2-4H2. The lowest BCUT2D eigenvalue weighted by Crippen LogP contribution is -2.37. The molecule has 3 unspecified atom stereocenters. The van der Waals surface area contributed by atoms with Gasteiger partial charge in [-0.1, -0.05) is 0 Å². The van der Waals surface area contributed by atoms with Crippen molar-refractivity contribution in [3.63, 3.8) is 0 Å². The highest BCUT2D eigenvalue weighted by atomic mass is 16.7. The Morgan fingerprint density at radius 1 is 1.17 bits per heavy atom. The maximum atomic E-state index is 10.5. The van der Waals surface area contributed by atoms with Crippen LogP contribution in [0.4, 0.5) is 0 Å². The molecule has 2 fully saturated rings. The molecule has 0 aromatic rings. The van der Waals surface area contributed by atoms with Gasteiger partial charge in [0.05, 0.1) is 6.61 Å². The Bertz CT molecular complexity index is 165. The summed E-state index contributed by atoms with van der Waals surface area (Å²) in [7, 11) is 0. The first-order valence-corrected chi connectivity index (χ1v) is 3.79. The second kappa shape index (κ2) is 3.49. The third kappa shape index (κ3) is 1.36. The van der Waals surface area contributed by atoms with Crippen molar-refractivity contribution in [1.82, 2.24) is 0 Å². The van der Waals surface area contributed by atoms with Crippen LogP contribution in [-0.2, 0) is 23.7 Å². The van der Waals surface area contributed by atoms with E-state index >= 15 is 0 Å². The number of carbonyl (C=O) groups excluding carboxylic acids is 1. The molecule has 2 saturated heterocycles. The molecule has 0 radical (unpaired) electrons. The van der Waals surface area contributed by atoms with Gasteiger partial charge in [-0.25, -0.2) is 0 Å². The lowest BCUT2D eigenvalue weighted by Gasteiger charge is -2.16. The van der Waals surface area contributed by atoms with E-state index < -0.39 is 6.10 Å². The third-order valence-corrected chi connectivity index (χ3v) is 1.99. The molecule has 0 aromatic heterocycles. The summed E-state index contributed by atoms with van der Waals surface area (Å²) in [5.74, 6) is 0. The number of aldehydes is 1. The fourth-order valence-corrected chi connectivity index (χ4v) is 1.36. The largest absolute Gasteiger partial charge is 0.353 e. The van der Waals surface area contributed by atoms with Gasteiger partial charge in [-0.15, -0.1) is 0 Å². The zero-order valence-corrected chi connectivity index (χ0v) is 6.47. The number of rotatable bonds is 2. The van der Waals surface area contributed by atoms with E-state index in [4.69, 9.17) is 18.9 Å². The fourth-order valence-electron chi connectivity index (χ4n) is 1.36. The molecule has 2 aliphatic rings. The van der Waals surface area contributed by atoms with Crippen LogP contribution < -0.4 is 0 Å². The molecule has 5 heteroatoms. The molecule has 5 nitrogen and oxygen atoms in total. The van der Waals surface area contributed by atoms with E-state index in [9.17, 15) is 4.79 Å². The van der Waals surface area contributed by atoms with Crippen LogP contribution in [0.3, 0.4) is 0 Å². The summed E-state index contributed by atoms with van der Waals surface area (Å²) in [6, 6.07) is 0. The maximum Gasteiger partial charge on any atom is 0.151 e. The topological polar surface area (TPSA) is 54.0 Å². The molecule has 12 heavy (non-hydrogen) atoms. The summed E-state index contributed by atoms with van der Waals surface area (Å²) in [5, 5.41) is 0. The number of ether oxygens (including phenoxy) is 4. The molecule has 0 bridgehead atoms. The van der Waals surface area contributed by atoms with Crippen molar-refractivity contribution >= 4 is 6.29 Å². The summed E-state index contributed by atoms with van der Waals surface area (Å²) in [6.07, 6.45) is -0.233. The predicted molar refractivity (Wildman–Crippen MR) is 36.4 cm³/mol. The van der Waals surface area contributed by atoms with Gasteiger partial charge >= 0.3 is 0 Å². The molecule has 0 amide bonds. The minimum atomic E-state index is -0.503. The Labute approximate surface area is 69.5 Å². The van der Waals surface area contributed by atoms with E-state index in [0.29, 0.717) is 6.61 Å². The second-order valence-electron chi connectivity index (χ2n) is 2.71. The lowest BCUT2D eigenvalue weighted by molar-refractivity contribution is -0.117. The Morgan fingerprint density at radius 2 is 2.08 bits per heavy atom. The molecule has 0 spiro atoms. The van der Waals surface area contributed by atoms with Crippen molar-refractivity contribution in [3.05, 3.63) is 0 Å². The third-order valence-electron chi connectivity index (χ3n) is 1.99. The van der Waals surface area contributed by atoms with Gasteiger partial charge in [-0.2, -0.15) is 0 Å². The molecule has 0 aliphatic carbocycles. The maximum absolute atomic E-state index is 10.5. The first kappa shape index (κ1) is 8.12. The summed E-state index contributed by atoms with van der Waals surface area (Å²) in [4.78, 5) is 10.5. The molecule has 2 heterocycles. The Morgan fingerprint density at radius 3 is 2.75 bits per heavy atom. The van der Waals surface area contributed by atoms with Crippen molar-refractivity contribution in [2.75, 3.05) is 20.2 Å². The van der Waals surface area contributed by atoms with Gasteiger partial charge in [0, 0.05) is 0 Å². The molecule has 0 saturated carbocycles. The van der Waals surface area contributed by atoms with Crippen molar-refractivity contribution in [1.29, 1.82) is 0 Å². The van der Waals surface area contributed by atoms with Gasteiger partial charge in [0.1, 0.15) is 31.9 Å². The summed E-state index contributed by atoms with van der Waals surface area (Å²) in [5.41, 5.74) is 0. The Balaban J connectivity index is 1.96. The lowest BCUT2D eigenvalue weighted by atomic mass is 10.1. The van der Waals surface area contributed by atoms with Crippen LogP contribution in [0.15, 0.2) is 0 Å². The molecule has 2 rings (SSSR count). The number of carbonyl (C=O) groups is 1. The normalized spacial score (nSPS) is 41.8. The van der Waals surface area contributed by atoms with Crippen LogP contribution in [-0.4, -0.2) is 44.8 Å². The number of hydrogen-bond donors (Lipinski definition) is 0. The molecule has 2 aliphatic heterocycles.